The minimum atomic E-state index is -1.20. The highest BCUT2D eigenvalue weighted by Gasteiger charge is 2.36. The normalized spacial score (nSPS) is 11.0. The van der Waals surface area contributed by atoms with E-state index in [2.05, 4.69) is 17.6 Å². The van der Waals surface area contributed by atoms with Gasteiger partial charge in [0.25, 0.3) is 0 Å². The van der Waals surface area contributed by atoms with Crippen molar-refractivity contribution >= 4 is 12.0 Å². The topological polar surface area (TPSA) is 78.4 Å². The Hall–Kier alpha value is -2.04. The van der Waals surface area contributed by atoms with Gasteiger partial charge in [0, 0.05) is 6.54 Å². The number of hydrogen-bond acceptors (Lipinski definition) is 2. The van der Waals surface area contributed by atoms with Crippen molar-refractivity contribution in [2.75, 3.05) is 0 Å². The van der Waals surface area contributed by atoms with Gasteiger partial charge in [0.15, 0.2) is 0 Å². The number of aliphatic carboxylic acids is 1. The predicted molar refractivity (Wildman–Crippen MR) is 82.1 cm³/mol. The van der Waals surface area contributed by atoms with E-state index in [0.717, 1.165) is 12.0 Å². The molecule has 1 aromatic carbocycles. The average Bonchev–Trinajstić information content (AvgIpc) is 2.50. The molecule has 5 heteroatoms. The summed E-state index contributed by atoms with van der Waals surface area (Å²) < 4.78 is 0. The van der Waals surface area contributed by atoms with E-state index < -0.39 is 17.5 Å². The van der Waals surface area contributed by atoms with Crippen LogP contribution in [-0.4, -0.2) is 22.6 Å². The minimum Gasteiger partial charge on any atom is -0.480 e. The van der Waals surface area contributed by atoms with Crippen LogP contribution in [0.25, 0.3) is 0 Å². The van der Waals surface area contributed by atoms with Crippen molar-refractivity contribution in [1.82, 2.24) is 10.6 Å². The molecule has 116 valence electrons. The molecule has 0 radical (unpaired) electrons. The van der Waals surface area contributed by atoms with Crippen molar-refractivity contribution in [3.05, 3.63) is 35.4 Å². The molecule has 1 aromatic rings. The van der Waals surface area contributed by atoms with Crippen LogP contribution in [0.1, 0.15) is 44.7 Å². The lowest BCUT2D eigenvalue weighted by Gasteiger charge is -2.28. The molecule has 5 nitrogen and oxygen atoms in total. The van der Waals surface area contributed by atoms with Crippen molar-refractivity contribution in [3.8, 4) is 0 Å². The molecule has 0 saturated heterocycles. The van der Waals surface area contributed by atoms with Crippen LogP contribution in [0.4, 0.5) is 4.79 Å². The largest absolute Gasteiger partial charge is 0.480 e. The van der Waals surface area contributed by atoms with Gasteiger partial charge in [-0.1, -0.05) is 45.0 Å². The first-order valence-electron chi connectivity index (χ1n) is 7.34. The first-order chi connectivity index (χ1) is 9.97. The zero-order valence-electron chi connectivity index (χ0n) is 12.9. The number of nitrogens with one attached hydrogen (secondary N) is 2. The number of carbonyl (C=O) groups excluding carboxylic acids is 1. The third-order valence-electron chi connectivity index (χ3n) is 3.85. The second-order valence-electron chi connectivity index (χ2n) is 5.07. The standard InChI is InChI=1S/C16H24N2O3/c1-4-12-7-9-13(10-8-12)11-17-15(21)18-16(5-2,6-3)14(19)20/h7-10H,4-6,11H2,1-3H3,(H,19,20)(H2,17,18,21). The molecule has 1 rings (SSSR count). The van der Waals surface area contributed by atoms with Gasteiger partial charge in [-0.15, -0.1) is 0 Å². The molecule has 0 atom stereocenters. The van der Waals surface area contributed by atoms with Crippen LogP contribution in [0.2, 0.25) is 0 Å². The molecule has 0 aliphatic carbocycles. The van der Waals surface area contributed by atoms with Crippen molar-refractivity contribution < 1.29 is 14.7 Å². The van der Waals surface area contributed by atoms with E-state index in [1.807, 2.05) is 24.3 Å². The summed E-state index contributed by atoms with van der Waals surface area (Å²) in [6, 6.07) is 7.51. The molecule has 3 N–H and O–H groups in total. The fourth-order valence-electron chi connectivity index (χ4n) is 2.12. The summed E-state index contributed by atoms with van der Waals surface area (Å²) in [5.41, 5.74) is 1.03. The number of aryl methyl sites for hydroxylation is 1. The first kappa shape index (κ1) is 17.0. The third kappa shape index (κ3) is 4.48. The molecular formula is C16H24N2O3. The molecule has 21 heavy (non-hydrogen) atoms. The average molecular weight is 292 g/mol. The molecule has 0 spiro atoms. The van der Waals surface area contributed by atoms with Crippen LogP contribution in [0.15, 0.2) is 24.3 Å². The molecule has 0 unspecified atom stereocenters. The number of carboxylic acid groups (broad SMARTS) is 1. The minimum absolute atomic E-state index is 0.345. The molecule has 0 aliphatic heterocycles. The van der Waals surface area contributed by atoms with Crippen molar-refractivity contribution in [2.24, 2.45) is 0 Å². The summed E-state index contributed by atoms with van der Waals surface area (Å²) in [5.74, 6) is -1.00. The number of benzene rings is 1. The van der Waals surface area contributed by atoms with Gasteiger partial charge in [0.05, 0.1) is 0 Å². The molecular weight excluding hydrogens is 268 g/mol. The Morgan fingerprint density at radius 2 is 1.57 bits per heavy atom. The molecule has 0 aromatic heterocycles. The second-order valence-corrected chi connectivity index (χ2v) is 5.07. The monoisotopic (exact) mass is 292 g/mol. The van der Waals surface area contributed by atoms with E-state index in [1.54, 1.807) is 13.8 Å². The van der Waals surface area contributed by atoms with Gasteiger partial charge >= 0.3 is 12.0 Å². The van der Waals surface area contributed by atoms with Gasteiger partial charge in [-0.2, -0.15) is 0 Å². The third-order valence-corrected chi connectivity index (χ3v) is 3.85. The number of carboxylic acids is 1. The Morgan fingerprint density at radius 3 is 2.00 bits per heavy atom. The highest BCUT2D eigenvalue weighted by molar-refractivity contribution is 5.86. The zero-order chi connectivity index (χ0) is 15.9. The SMILES string of the molecule is CCc1ccc(CNC(=O)NC(CC)(CC)C(=O)O)cc1. The Labute approximate surface area is 125 Å². The molecule has 0 fully saturated rings. The van der Waals surface area contributed by atoms with Crippen molar-refractivity contribution in [1.29, 1.82) is 0 Å². The second kappa shape index (κ2) is 7.67. The quantitative estimate of drug-likeness (QED) is 0.723. The fraction of sp³-hybridized carbons (Fsp3) is 0.500. The summed E-state index contributed by atoms with van der Waals surface area (Å²) in [5, 5.41) is 14.5. The maximum absolute atomic E-state index is 11.9. The molecule has 0 heterocycles. The van der Waals surface area contributed by atoms with Crippen molar-refractivity contribution in [2.45, 2.75) is 52.1 Å². The summed E-state index contributed by atoms with van der Waals surface area (Å²) in [6.07, 6.45) is 1.66. The Balaban J connectivity index is 2.58. The van der Waals surface area contributed by atoms with E-state index in [-0.39, 0.29) is 0 Å². The van der Waals surface area contributed by atoms with E-state index in [4.69, 9.17) is 0 Å². The first-order valence-corrected chi connectivity index (χ1v) is 7.34. The Kier molecular flexibility index (Phi) is 6.21. The number of rotatable bonds is 7. The van der Waals surface area contributed by atoms with E-state index >= 15 is 0 Å². The lowest BCUT2D eigenvalue weighted by Crippen LogP contribution is -2.56. The van der Waals surface area contributed by atoms with Crippen molar-refractivity contribution in [3.63, 3.8) is 0 Å². The van der Waals surface area contributed by atoms with E-state index in [9.17, 15) is 14.7 Å². The van der Waals surface area contributed by atoms with Gasteiger partial charge in [0.2, 0.25) is 0 Å². The van der Waals surface area contributed by atoms with Crippen LogP contribution >= 0.6 is 0 Å². The summed E-state index contributed by atoms with van der Waals surface area (Å²) in [7, 11) is 0. The van der Waals surface area contributed by atoms with Gasteiger partial charge in [-0.3, -0.25) is 0 Å². The van der Waals surface area contributed by atoms with Gasteiger partial charge in [-0.25, -0.2) is 9.59 Å². The van der Waals surface area contributed by atoms with Gasteiger partial charge < -0.3 is 15.7 Å². The maximum Gasteiger partial charge on any atom is 0.329 e. The molecule has 2 amide bonds. The van der Waals surface area contributed by atoms with Crippen LogP contribution in [0, 0.1) is 0 Å². The predicted octanol–water partition coefficient (Wildman–Crippen LogP) is 2.69. The maximum atomic E-state index is 11.9. The smallest absolute Gasteiger partial charge is 0.329 e. The summed E-state index contributed by atoms with van der Waals surface area (Å²) in [6.45, 7) is 5.96. The highest BCUT2D eigenvalue weighted by atomic mass is 16.4. The molecule has 0 saturated carbocycles. The molecule has 0 bridgehead atoms. The lowest BCUT2D eigenvalue weighted by molar-refractivity contribution is -0.144. The number of amides is 2. The van der Waals surface area contributed by atoms with Crippen LogP contribution in [0.3, 0.4) is 0 Å². The number of urea groups is 1. The van der Waals surface area contributed by atoms with Crippen LogP contribution in [0.5, 0.6) is 0 Å². The van der Waals surface area contributed by atoms with E-state index in [0.29, 0.717) is 19.4 Å². The number of hydrogen-bond donors (Lipinski definition) is 3. The number of carbonyl (C=O) groups is 2. The van der Waals surface area contributed by atoms with E-state index in [1.165, 1.54) is 5.56 Å². The van der Waals surface area contributed by atoms with Crippen LogP contribution < -0.4 is 10.6 Å². The Morgan fingerprint density at radius 1 is 1.05 bits per heavy atom. The van der Waals surface area contributed by atoms with Crippen LogP contribution in [-0.2, 0) is 17.8 Å². The molecule has 0 aliphatic rings. The summed E-state index contributed by atoms with van der Waals surface area (Å²) >= 11 is 0. The summed E-state index contributed by atoms with van der Waals surface area (Å²) in [4.78, 5) is 23.2. The van der Waals surface area contributed by atoms with Gasteiger partial charge in [-0.05, 0) is 30.4 Å². The van der Waals surface area contributed by atoms with Gasteiger partial charge in [0.1, 0.15) is 5.54 Å². The highest BCUT2D eigenvalue weighted by Crippen LogP contribution is 2.15. The fourth-order valence-corrected chi connectivity index (χ4v) is 2.12. The Bertz CT molecular complexity index is 479. The zero-order valence-corrected chi connectivity index (χ0v) is 12.9. The lowest BCUT2D eigenvalue weighted by atomic mass is 9.93.